The molecule has 1 aromatic heterocycles. The van der Waals surface area contributed by atoms with Crippen LogP contribution in [0.5, 0.6) is 0 Å². The lowest BCUT2D eigenvalue weighted by molar-refractivity contribution is 0.0949. The lowest BCUT2D eigenvalue weighted by Gasteiger charge is -2.07. The summed E-state index contributed by atoms with van der Waals surface area (Å²) in [5, 5.41) is 2.77. The first-order valence-corrected chi connectivity index (χ1v) is 5.73. The van der Waals surface area contributed by atoms with Crippen LogP contribution in [-0.4, -0.2) is 10.5 Å². The van der Waals surface area contributed by atoms with Crippen molar-refractivity contribution in [2.45, 2.75) is 13.5 Å². The van der Waals surface area contributed by atoms with Crippen molar-refractivity contribution in [3.63, 3.8) is 0 Å². The van der Waals surface area contributed by atoms with Gasteiger partial charge >= 0.3 is 0 Å². The Labute approximate surface area is 105 Å². The molecule has 94 valence electrons. The van der Waals surface area contributed by atoms with E-state index in [9.17, 15) is 9.18 Å². The number of carbonyl (C=O) groups is 1. The van der Waals surface area contributed by atoms with E-state index in [1.807, 2.05) is 30.7 Å². The second-order valence-corrected chi connectivity index (χ2v) is 4.22. The summed E-state index contributed by atoms with van der Waals surface area (Å²) in [6, 6.07) is 9.61. The van der Waals surface area contributed by atoms with Gasteiger partial charge < -0.3 is 9.88 Å². The fraction of sp³-hybridized carbons (Fsp3) is 0.214. The highest BCUT2D eigenvalue weighted by Gasteiger charge is 2.07. The minimum Gasteiger partial charge on any atom is -0.350 e. The Balaban J connectivity index is 2.03. The predicted octanol–water partition coefficient (Wildman–Crippen LogP) is 2.40. The van der Waals surface area contributed by atoms with Crippen LogP contribution < -0.4 is 5.32 Å². The molecule has 18 heavy (non-hydrogen) atoms. The van der Waals surface area contributed by atoms with Crippen LogP contribution in [0.15, 0.2) is 36.4 Å². The van der Waals surface area contributed by atoms with Crippen LogP contribution in [0.1, 0.15) is 21.7 Å². The van der Waals surface area contributed by atoms with Gasteiger partial charge in [-0.3, -0.25) is 4.79 Å². The first-order chi connectivity index (χ1) is 8.58. The van der Waals surface area contributed by atoms with Gasteiger partial charge in [-0.25, -0.2) is 4.39 Å². The van der Waals surface area contributed by atoms with Crippen LogP contribution in [0, 0.1) is 12.7 Å². The van der Waals surface area contributed by atoms with Gasteiger partial charge in [0.15, 0.2) is 0 Å². The fourth-order valence-electron chi connectivity index (χ4n) is 1.75. The highest BCUT2D eigenvalue weighted by Crippen LogP contribution is 2.07. The summed E-state index contributed by atoms with van der Waals surface area (Å²) < 4.78 is 15.0. The molecule has 0 aliphatic carbocycles. The van der Waals surface area contributed by atoms with E-state index in [1.54, 1.807) is 6.07 Å². The standard InChI is InChI=1S/C14H15FN2O/c1-10-6-7-13(17(10)2)9-16-14(18)11-4-3-5-12(15)8-11/h3-8H,9H2,1-2H3,(H,16,18). The van der Waals surface area contributed by atoms with E-state index in [1.165, 1.54) is 18.2 Å². The SMILES string of the molecule is Cc1ccc(CNC(=O)c2cccc(F)c2)n1C. The van der Waals surface area contributed by atoms with Gasteiger partial charge in [0.1, 0.15) is 5.82 Å². The largest absolute Gasteiger partial charge is 0.350 e. The van der Waals surface area contributed by atoms with Crippen molar-refractivity contribution in [2.24, 2.45) is 7.05 Å². The Morgan fingerprint density at radius 3 is 2.72 bits per heavy atom. The molecule has 0 aliphatic heterocycles. The van der Waals surface area contributed by atoms with Gasteiger partial charge in [0, 0.05) is 24.0 Å². The third-order valence-corrected chi connectivity index (χ3v) is 2.99. The summed E-state index contributed by atoms with van der Waals surface area (Å²) in [6.07, 6.45) is 0. The van der Waals surface area contributed by atoms with Crippen molar-refractivity contribution >= 4 is 5.91 Å². The highest BCUT2D eigenvalue weighted by molar-refractivity contribution is 5.94. The molecule has 2 aromatic rings. The van der Waals surface area contributed by atoms with Crippen LogP contribution in [0.4, 0.5) is 4.39 Å². The van der Waals surface area contributed by atoms with E-state index >= 15 is 0 Å². The zero-order chi connectivity index (χ0) is 13.1. The summed E-state index contributed by atoms with van der Waals surface area (Å²) in [5.74, 6) is -0.675. The van der Waals surface area contributed by atoms with E-state index in [2.05, 4.69) is 5.32 Å². The molecule has 3 nitrogen and oxygen atoms in total. The normalized spacial score (nSPS) is 10.4. The maximum Gasteiger partial charge on any atom is 0.251 e. The van der Waals surface area contributed by atoms with Crippen molar-refractivity contribution in [1.29, 1.82) is 0 Å². The molecule has 0 saturated carbocycles. The van der Waals surface area contributed by atoms with Gasteiger partial charge in [0.2, 0.25) is 0 Å². The Morgan fingerprint density at radius 1 is 1.33 bits per heavy atom. The Hall–Kier alpha value is -2.10. The minimum absolute atomic E-state index is 0.270. The third-order valence-electron chi connectivity index (χ3n) is 2.99. The molecule has 1 heterocycles. The number of nitrogens with one attached hydrogen (secondary N) is 1. The van der Waals surface area contributed by atoms with E-state index in [4.69, 9.17) is 0 Å². The first-order valence-electron chi connectivity index (χ1n) is 5.73. The van der Waals surface area contributed by atoms with Gasteiger partial charge in [-0.05, 0) is 37.3 Å². The third kappa shape index (κ3) is 2.59. The predicted molar refractivity (Wildman–Crippen MR) is 67.7 cm³/mol. The molecule has 0 unspecified atom stereocenters. The lowest BCUT2D eigenvalue weighted by Crippen LogP contribution is -2.24. The van der Waals surface area contributed by atoms with Crippen LogP contribution >= 0.6 is 0 Å². The molecule has 0 fully saturated rings. The molecule has 0 aliphatic rings. The molecular formula is C14H15FN2O. The van der Waals surface area contributed by atoms with Crippen molar-refractivity contribution in [1.82, 2.24) is 9.88 Å². The number of rotatable bonds is 3. The molecule has 1 amide bonds. The van der Waals surface area contributed by atoms with Crippen LogP contribution in [0.2, 0.25) is 0 Å². The number of benzene rings is 1. The molecule has 0 saturated heterocycles. The summed E-state index contributed by atoms with van der Waals surface area (Å²) in [5.41, 5.74) is 2.48. The Bertz CT molecular complexity index is 575. The molecule has 0 atom stereocenters. The Kier molecular flexibility index (Phi) is 3.46. The van der Waals surface area contributed by atoms with Crippen LogP contribution in [0.3, 0.4) is 0 Å². The molecule has 0 spiro atoms. The summed E-state index contributed by atoms with van der Waals surface area (Å²) in [7, 11) is 1.94. The van der Waals surface area contributed by atoms with E-state index in [0.717, 1.165) is 11.4 Å². The molecule has 2 rings (SSSR count). The quantitative estimate of drug-likeness (QED) is 0.886. The number of amides is 1. The minimum atomic E-state index is -0.405. The fourth-order valence-corrected chi connectivity index (χ4v) is 1.75. The van der Waals surface area contributed by atoms with Gasteiger partial charge in [-0.1, -0.05) is 6.07 Å². The lowest BCUT2D eigenvalue weighted by atomic mass is 10.2. The van der Waals surface area contributed by atoms with Gasteiger partial charge in [-0.2, -0.15) is 0 Å². The molecule has 0 bridgehead atoms. The zero-order valence-electron chi connectivity index (χ0n) is 10.4. The van der Waals surface area contributed by atoms with Gasteiger partial charge in [-0.15, -0.1) is 0 Å². The summed E-state index contributed by atoms with van der Waals surface area (Å²) >= 11 is 0. The monoisotopic (exact) mass is 246 g/mol. The van der Waals surface area contributed by atoms with Crippen molar-refractivity contribution in [3.8, 4) is 0 Å². The number of hydrogen-bond acceptors (Lipinski definition) is 1. The highest BCUT2D eigenvalue weighted by atomic mass is 19.1. The number of nitrogens with zero attached hydrogens (tertiary/aromatic N) is 1. The Morgan fingerprint density at radius 2 is 2.11 bits per heavy atom. The summed E-state index contributed by atoms with van der Waals surface area (Å²) in [4.78, 5) is 11.8. The first kappa shape index (κ1) is 12.4. The van der Waals surface area contributed by atoms with E-state index < -0.39 is 5.82 Å². The van der Waals surface area contributed by atoms with Gasteiger partial charge in [0.25, 0.3) is 5.91 Å². The second kappa shape index (κ2) is 5.04. The maximum atomic E-state index is 13.0. The van der Waals surface area contributed by atoms with Crippen LogP contribution in [0.25, 0.3) is 0 Å². The topological polar surface area (TPSA) is 34.0 Å². The maximum absolute atomic E-state index is 13.0. The molecule has 0 radical (unpaired) electrons. The average Bonchev–Trinajstić information content (AvgIpc) is 2.67. The summed E-state index contributed by atoms with van der Waals surface area (Å²) in [6.45, 7) is 2.43. The van der Waals surface area contributed by atoms with Crippen molar-refractivity contribution < 1.29 is 9.18 Å². The molecule has 4 heteroatoms. The van der Waals surface area contributed by atoms with Crippen LogP contribution in [-0.2, 0) is 13.6 Å². The number of hydrogen-bond donors (Lipinski definition) is 1. The molecular weight excluding hydrogens is 231 g/mol. The number of aryl methyl sites for hydroxylation is 1. The zero-order valence-corrected chi connectivity index (χ0v) is 10.4. The van der Waals surface area contributed by atoms with Gasteiger partial charge in [0.05, 0.1) is 6.54 Å². The number of carbonyl (C=O) groups excluding carboxylic acids is 1. The molecule has 1 N–H and O–H groups in total. The van der Waals surface area contributed by atoms with Crippen molar-refractivity contribution in [3.05, 3.63) is 59.2 Å². The molecule has 1 aromatic carbocycles. The smallest absolute Gasteiger partial charge is 0.251 e. The number of aromatic nitrogens is 1. The second-order valence-electron chi connectivity index (χ2n) is 4.22. The number of halogens is 1. The van der Waals surface area contributed by atoms with E-state index in [0.29, 0.717) is 12.1 Å². The van der Waals surface area contributed by atoms with E-state index in [-0.39, 0.29) is 5.91 Å². The average molecular weight is 246 g/mol. The van der Waals surface area contributed by atoms with Crippen molar-refractivity contribution in [2.75, 3.05) is 0 Å².